The van der Waals surface area contributed by atoms with Gasteiger partial charge in [-0.3, -0.25) is 9.36 Å². The number of thiazole rings is 1. The number of esters is 1. The van der Waals surface area contributed by atoms with Crippen molar-refractivity contribution >= 4 is 57.3 Å². The predicted molar refractivity (Wildman–Crippen MR) is 146 cm³/mol. The maximum Gasteiger partial charge on any atom is 0.338 e. The van der Waals surface area contributed by atoms with Crippen molar-refractivity contribution in [2.45, 2.75) is 39.8 Å². The predicted octanol–water partition coefficient (Wildman–Crippen LogP) is 4.26. The number of allylic oxidation sites excluding steroid dienone is 1. The van der Waals surface area contributed by atoms with Gasteiger partial charge in [0.05, 0.1) is 39.2 Å². The number of thiophene rings is 1. The monoisotopic (exact) mass is 624 g/mol. The Balaban J connectivity index is 1.88. The molecule has 2 aromatic heterocycles. The second-order valence-electron chi connectivity index (χ2n) is 8.02. The molecule has 0 saturated heterocycles. The van der Waals surface area contributed by atoms with Crippen LogP contribution in [0.5, 0.6) is 11.5 Å². The van der Waals surface area contributed by atoms with Crippen molar-refractivity contribution in [3.63, 3.8) is 0 Å². The van der Waals surface area contributed by atoms with Crippen molar-refractivity contribution in [1.82, 2.24) is 4.57 Å². The van der Waals surface area contributed by atoms with E-state index in [-0.39, 0.29) is 18.3 Å². The molecule has 0 aliphatic carbocycles. The number of methoxy groups -OCH3 is 1. The Bertz CT molecular complexity index is 1470. The van der Waals surface area contributed by atoms with E-state index in [1.165, 1.54) is 22.7 Å². The normalized spacial score (nSPS) is 15.7. The Labute approximate surface area is 224 Å². The van der Waals surface area contributed by atoms with Gasteiger partial charge in [-0.05, 0) is 85.5 Å². The molecule has 0 spiro atoms. The molecule has 1 aliphatic rings. The van der Waals surface area contributed by atoms with Crippen molar-refractivity contribution in [3.05, 3.63) is 74.6 Å². The summed E-state index contributed by atoms with van der Waals surface area (Å²) in [6.07, 6.45) is 1.82. The summed E-state index contributed by atoms with van der Waals surface area (Å²) in [4.78, 5) is 32.6. The smallest absolute Gasteiger partial charge is 0.338 e. The molecule has 0 amide bonds. The highest BCUT2D eigenvalue weighted by Crippen LogP contribution is 2.35. The highest BCUT2D eigenvalue weighted by atomic mass is 127. The number of nitrogens with zero attached hydrogens (tertiary/aromatic N) is 2. The molecule has 3 heterocycles. The van der Waals surface area contributed by atoms with Crippen molar-refractivity contribution in [3.8, 4) is 11.5 Å². The zero-order valence-corrected chi connectivity index (χ0v) is 23.7. The van der Waals surface area contributed by atoms with E-state index in [4.69, 9.17) is 14.2 Å². The van der Waals surface area contributed by atoms with Gasteiger partial charge in [0.2, 0.25) is 0 Å². The van der Waals surface area contributed by atoms with Gasteiger partial charge >= 0.3 is 5.97 Å². The molecular formula is C25H25IN2O5S2. The van der Waals surface area contributed by atoms with Gasteiger partial charge in [0.25, 0.3) is 5.56 Å². The first-order valence-corrected chi connectivity index (χ1v) is 13.8. The Hall–Kier alpha value is -2.44. The number of benzene rings is 1. The fourth-order valence-corrected chi connectivity index (χ4v) is 6.45. The lowest BCUT2D eigenvalue weighted by Crippen LogP contribution is -2.39. The summed E-state index contributed by atoms with van der Waals surface area (Å²) < 4.78 is 19.8. The van der Waals surface area contributed by atoms with E-state index >= 15 is 0 Å². The molecule has 184 valence electrons. The van der Waals surface area contributed by atoms with E-state index < -0.39 is 12.0 Å². The van der Waals surface area contributed by atoms with Crippen LogP contribution in [0.3, 0.4) is 0 Å². The first-order chi connectivity index (χ1) is 16.7. The molecule has 35 heavy (non-hydrogen) atoms. The molecule has 0 N–H and O–H groups in total. The third kappa shape index (κ3) is 5.10. The number of carbonyl (C=O) groups excluding carboxylic acids is 1. The van der Waals surface area contributed by atoms with Gasteiger partial charge in [0.1, 0.15) is 6.04 Å². The largest absolute Gasteiger partial charge is 0.493 e. The second kappa shape index (κ2) is 10.7. The van der Waals surface area contributed by atoms with Crippen molar-refractivity contribution < 1.29 is 19.0 Å². The standard InChI is InChI=1S/C25H25IN2O5S2/c1-6-32-24(30)20-14(4)27-25-28(21(20)18-8-7-9-34-18)23(29)19(35-25)12-15-10-16(26)22(33-13(2)3)17(11-15)31-5/h7-13,21H,6H2,1-5H3/b19-12-/t21-/m0/s1. The summed E-state index contributed by atoms with van der Waals surface area (Å²) in [7, 11) is 1.59. The summed E-state index contributed by atoms with van der Waals surface area (Å²) in [5.74, 6) is 0.817. The Morgan fingerprint density at radius 2 is 2.11 bits per heavy atom. The van der Waals surface area contributed by atoms with Crippen LogP contribution in [-0.2, 0) is 9.53 Å². The van der Waals surface area contributed by atoms with Gasteiger partial charge in [0, 0.05) is 4.88 Å². The molecular weight excluding hydrogens is 599 g/mol. The molecule has 1 atom stereocenters. The Kier molecular flexibility index (Phi) is 7.82. The number of rotatable bonds is 7. The Morgan fingerprint density at radius 1 is 1.34 bits per heavy atom. The second-order valence-corrected chi connectivity index (χ2v) is 11.2. The third-order valence-electron chi connectivity index (χ3n) is 5.23. The summed E-state index contributed by atoms with van der Waals surface area (Å²) in [5, 5.41) is 1.93. The first-order valence-electron chi connectivity index (χ1n) is 11.0. The molecule has 1 aromatic carbocycles. The first kappa shape index (κ1) is 25.6. The number of ether oxygens (including phenoxy) is 3. The maximum atomic E-state index is 13.7. The Morgan fingerprint density at radius 3 is 2.74 bits per heavy atom. The summed E-state index contributed by atoms with van der Waals surface area (Å²) in [5.41, 5.74) is 1.54. The summed E-state index contributed by atoms with van der Waals surface area (Å²) in [6.45, 7) is 7.70. The highest BCUT2D eigenvalue weighted by Gasteiger charge is 2.33. The van der Waals surface area contributed by atoms with Gasteiger partial charge in [-0.25, -0.2) is 9.79 Å². The minimum absolute atomic E-state index is 0.000964. The van der Waals surface area contributed by atoms with E-state index in [0.29, 0.717) is 32.1 Å². The van der Waals surface area contributed by atoms with Gasteiger partial charge < -0.3 is 14.2 Å². The SMILES string of the molecule is CCOC(=O)C1=C(C)N=c2s/c(=C\c3cc(I)c(OC(C)C)c(OC)c3)c(=O)n2[C@H]1c1cccs1. The minimum Gasteiger partial charge on any atom is -0.493 e. The lowest BCUT2D eigenvalue weighted by Gasteiger charge is -2.23. The van der Waals surface area contributed by atoms with Crippen LogP contribution in [0.4, 0.5) is 0 Å². The van der Waals surface area contributed by atoms with Crippen LogP contribution in [0.2, 0.25) is 0 Å². The average Bonchev–Trinajstić information content (AvgIpc) is 3.43. The topological polar surface area (TPSA) is 79.1 Å². The fraction of sp³-hybridized carbons (Fsp3) is 0.320. The van der Waals surface area contributed by atoms with E-state index in [9.17, 15) is 9.59 Å². The molecule has 4 rings (SSSR count). The van der Waals surface area contributed by atoms with Gasteiger partial charge in [-0.1, -0.05) is 17.4 Å². The maximum absolute atomic E-state index is 13.7. The number of hydrogen-bond acceptors (Lipinski definition) is 8. The third-order valence-corrected chi connectivity index (χ3v) is 7.94. The molecule has 0 saturated carbocycles. The molecule has 0 unspecified atom stereocenters. The van der Waals surface area contributed by atoms with Gasteiger partial charge in [-0.2, -0.15) is 0 Å². The van der Waals surface area contributed by atoms with Crippen molar-refractivity contribution in [2.24, 2.45) is 4.99 Å². The number of halogens is 1. The van der Waals surface area contributed by atoms with Crippen molar-refractivity contribution in [2.75, 3.05) is 13.7 Å². The molecule has 0 bridgehead atoms. The zero-order chi connectivity index (χ0) is 25.3. The number of fused-ring (bicyclic) bond motifs is 1. The summed E-state index contributed by atoms with van der Waals surface area (Å²) in [6, 6.07) is 7.05. The van der Waals surface area contributed by atoms with Crippen LogP contribution in [0.15, 0.2) is 50.7 Å². The molecule has 1 aliphatic heterocycles. The van der Waals surface area contributed by atoms with Crippen LogP contribution >= 0.6 is 45.3 Å². The number of aromatic nitrogens is 1. The van der Waals surface area contributed by atoms with Gasteiger partial charge in [0.15, 0.2) is 16.3 Å². The average molecular weight is 625 g/mol. The van der Waals surface area contributed by atoms with Crippen molar-refractivity contribution in [1.29, 1.82) is 0 Å². The molecule has 3 aromatic rings. The van der Waals surface area contributed by atoms with E-state index in [1.54, 1.807) is 25.5 Å². The number of hydrogen-bond donors (Lipinski definition) is 0. The molecule has 0 radical (unpaired) electrons. The van der Waals surface area contributed by atoms with E-state index in [0.717, 1.165) is 14.0 Å². The molecule has 0 fully saturated rings. The summed E-state index contributed by atoms with van der Waals surface area (Å²) >= 11 is 4.99. The van der Waals surface area contributed by atoms with E-state index in [2.05, 4.69) is 27.6 Å². The van der Waals surface area contributed by atoms with Crippen LogP contribution < -0.4 is 24.4 Å². The van der Waals surface area contributed by atoms with Crippen LogP contribution in [0, 0.1) is 3.57 Å². The highest BCUT2D eigenvalue weighted by molar-refractivity contribution is 14.1. The number of carbonyl (C=O) groups is 1. The zero-order valence-electron chi connectivity index (χ0n) is 20.0. The quantitative estimate of drug-likeness (QED) is 0.290. The van der Waals surface area contributed by atoms with E-state index in [1.807, 2.05) is 49.6 Å². The molecule has 7 nitrogen and oxygen atoms in total. The molecule has 10 heteroatoms. The minimum atomic E-state index is -0.580. The van der Waals surface area contributed by atoms with Crippen LogP contribution in [0.1, 0.15) is 44.2 Å². The lowest BCUT2D eigenvalue weighted by atomic mass is 10.0. The fourth-order valence-electron chi connectivity index (χ4n) is 3.83. The lowest BCUT2D eigenvalue weighted by molar-refractivity contribution is -0.139. The van der Waals surface area contributed by atoms with Crippen LogP contribution in [-0.4, -0.2) is 30.4 Å². The van der Waals surface area contributed by atoms with Gasteiger partial charge in [-0.15, -0.1) is 11.3 Å². The van der Waals surface area contributed by atoms with Crippen LogP contribution in [0.25, 0.3) is 6.08 Å².